The lowest BCUT2D eigenvalue weighted by Crippen LogP contribution is -2.31. The SMILES string of the molecule is Cn1c(=O)n(CC(C)(C)C)c2ccc(C34CC3(C)C4C(C)(C)O)nc21. The number of pyridine rings is 1. The third kappa shape index (κ3) is 2.05. The number of hydrogen-bond acceptors (Lipinski definition) is 3. The standard InChI is InChI=1S/C20H29N3O2/c1-17(2,3)11-23-12-8-9-13(21-14(12)22(7)16(23)24)20-10-19(20,6)15(20)18(4,5)25/h8-9,15,25H,10-11H2,1-7H3. The topological polar surface area (TPSA) is 60.0 Å². The molecular formula is C20H29N3O2. The van der Waals surface area contributed by atoms with Gasteiger partial charge in [0.1, 0.15) is 0 Å². The molecule has 0 aliphatic heterocycles. The number of imidazole rings is 1. The third-order valence-corrected chi connectivity index (χ3v) is 6.36. The largest absolute Gasteiger partial charge is 0.390 e. The Morgan fingerprint density at radius 2 is 1.92 bits per heavy atom. The maximum absolute atomic E-state index is 12.7. The molecule has 0 bridgehead atoms. The van der Waals surface area contributed by atoms with Crippen LogP contribution in [0.3, 0.4) is 0 Å². The average molecular weight is 343 g/mol. The molecule has 0 saturated heterocycles. The minimum absolute atomic E-state index is 0.0123. The Kier molecular flexibility index (Phi) is 2.94. The normalized spacial score (nSPS) is 31.3. The van der Waals surface area contributed by atoms with Gasteiger partial charge in [-0.25, -0.2) is 9.78 Å². The van der Waals surface area contributed by atoms with Crippen LogP contribution in [0.15, 0.2) is 16.9 Å². The molecule has 2 fully saturated rings. The number of aromatic nitrogens is 3. The maximum atomic E-state index is 12.7. The molecule has 1 N–H and O–H groups in total. The first-order valence-corrected chi connectivity index (χ1v) is 9.12. The molecule has 2 saturated carbocycles. The summed E-state index contributed by atoms with van der Waals surface area (Å²) < 4.78 is 3.48. The van der Waals surface area contributed by atoms with Gasteiger partial charge in [0.05, 0.1) is 16.8 Å². The lowest BCUT2D eigenvalue weighted by Gasteiger charge is -2.25. The number of aryl methyl sites for hydroxylation is 1. The van der Waals surface area contributed by atoms with Gasteiger partial charge in [-0.2, -0.15) is 0 Å². The molecule has 3 atom stereocenters. The summed E-state index contributed by atoms with van der Waals surface area (Å²) in [5, 5.41) is 10.5. The van der Waals surface area contributed by atoms with Gasteiger partial charge in [-0.05, 0) is 43.2 Å². The molecule has 4 rings (SSSR count). The molecule has 2 aromatic rings. The number of rotatable bonds is 3. The van der Waals surface area contributed by atoms with Crippen LogP contribution in [0.25, 0.3) is 11.2 Å². The highest BCUT2D eigenvalue weighted by Crippen LogP contribution is 2.91. The Morgan fingerprint density at radius 3 is 2.40 bits per heavy atom. The van der Waals surface area contributed by atoms with Crippen molar-refractivity contribution in [2.45, 2.75) is 65.5 Å². The van der Waals surface area contributed by atoms with Gasteiger partial charge in [0.15, 0.2) is 5.65 Å². The molecule has 3 unspecified atom stereocenters. The van der Waals surface area contributed by atoms with E-state index in [2.05, 4.69) is 33.8 Å². The molecule has 2 aliphatic rings. The van der Waals surface area contributed by atoms with Crippen molar-refractivity contribution in [3.8, 4) is 0 Å². The Balaban J connectivity index is 1.82. The summed E-state index contributed by atoms with van der Waals surface area (Å²) in [6.45, 7) is 13.1. The molecule has 0 radical (unpaired) electrons. The van der Waals surface area contributed by atoms with Crippen LogP contribution >= 0.6 is 0 Å². The Labute approximate surface area is 148 Å². The van der Waals surface area contributed by atoms with E-state index in [1.807, 2.05) is 24.5 Å². The molecule has 136 valence electrons. The van der Waals surface area contributed by atoms with Crippen molar-refractivity contribution in [2.75, 3.05) is 0 Å². The summed E-state index contributed by atoms with van der Waals surface area (Å²) in [4.78, 5) is 17.6. The summed E-state index contributed by atoms with van der Waals surface area (Å²) in [6, 6.07) is 4.11. The van der Waals surface area contributed by atoms with Crippen LogP contribution in [0, 0.1) is 16.7 Å². The lowest BCUT2D eigenvalue weighted by atomic mass is 9.86. The molecule has 2 aliphatic carbocycles. The fraction of sp³-hybridized carbons (Fsp3) is 0.700. The number of aliphatic hydroxyl groups is 1. The van der Waals surface area contributed by atoms with Crippen molar-refractivity contribution in [3.05, 3.63) is 28.3 Å². The van der Waals surface area contributed by atoms with Crippen LogP contribution < -0.4 is 5.69 Å². The van der Waals surface area contributed by atoms with E-state index in [9.17, 15) is 9.90 Å². The lowest BCUT2D eigenvalue weighted by molar-refractivity contribution is 0.0252. The first-order valence-electron chi connectivity index (χ1n) is 9.12. The van der Waals surface area contributed by atoms with Crippen LogP contribution in [0.2, 0.25) is 0 Å². The molecule has 25 heavy (non-hydrogen) atoms. The van der Waals surface area contributed by atoms with Gasteiger partial charge in [-0.1, -0.05) is 27.7 Å². The smallest absolute Gasteiger partial charge is 0.330 e. The molecule has 0 amide bonds. The van der Waals surface area contributed by atoms with Gasteiger partial charge in [-0.3, -0.25) is 9.13 Å². The van der Waals surface area contributed by atoms with Crippen molar-refractivity contribution in [1.29, 1.82) is 0 Å². The second-order valence-electron chi connectivity index (χ2n) is 10.2. The second-order valence-corrected chi connectivity index (χ2v) is 10.2. The Hall–Kier alpha value is -1.62. The zero-order valence-electron chi connectivity index (χ0n) is 16.3. The average Bonchev–Trinajstić information content (AvgIpc) is 3.20. The van der Waals surface area contributed by atoms with Crippen LogP contribution in [0.4, 0.5) is 0 Å². The second kappa shape index (κ2) is 4.37. The van der Waals surface area contributed by atoms with Gasteiger partial charge in [0.2, 0.25) is 0 Å². The van der Waals surface area contributed by atoms with Crippen LogP contribution in [0.1, 0.15) is 53.7 Å². The minimum Gasteiger partial charge on any atom is -0.390 e. The van der Waals surface area contributed by atoms with Crippen molar-refractivity contribution in [1.82, 2.24) is 14.1 Å². The molecule has 2 heterocycles. The predicted octanol–water partition coefficient (Wildman–Crippen LogP) is 2.83. The summed E-state index contributed by atoms with van der Waals surface area (Å²) in [5.41, 5.74) is 2.11. The first-order chi connectivity index (χ1) is 11.3. The Bertz CT molecular complexity index is 941. The van der Waals surface area contributed by atoms with E-state index in [4.69, 9.17) is 4.98 Å². The van der Waals surface area contributed by atoms with Crippen molar-refractivity contribution in [3.63, 3.8) is 0 Å². The zero-order valence-corrected chi connectivity index (χ0v) is 16.3. The van der Waals surface area contributed by atoms with E-state index >= 15 is 0 Å². The van der Waals surface area contributed by atoms with Crippen LogP contribution in [-0.2, 0) is 19.0 Å². The summed E-state index contributed by atoms with van der Waals surface area (Å²) >= 11 is 0. The van der Waals surface area contributed by atoms with Crippen molar-refractivity contribution < 1.29 is 5.11 Å². The highest BCUT2D eigenvalue weighted by Gasteiger charge is 2.91. The van der Waals surface area contributed by atoms with Gasteiger partial charge in [-0.15, -0.1) is 0 Å². The molecule has 0 spiro atoms. The quantitative estimate of drug-likeness (QED) is 0.932. The van der Waals surface area contributed by atoms with Gasteiger partial charge in [0.25, 0.3) is 0 Å². The van der Waals surface area contributed by atoms with Crippen LogP contribution in [-0.4, -0.2) is 24.8 Å². The van der Waals surface area contributed by atoms with E-state index in [1.165, 1.54) is 0 Å². The fourth-order valence-electron chi connectivity index (χ4n) is 5.43. The number of hydrogen-bond donors (Lipinski definition) is 1. The molecule has 2 aromatic heterocycles. The molecule has 5 nitrogen and oxygen atoms in total. The number of nitrogens with zero attached hydrogens (tertiary/aromatic N) is 3. The van der Waals surface area contributed by atoms with Crippen LogP contribution in [0.5, 0.6) is 0 Å². The zero-order chi connectivity index (χ0) is 18.6. The monoisotopic (exact) mass is 343 g/mol. The summed E-state index contributed by atoms with van der Waals surface area (Å²) in [7, 11) is 1.80. The first kappa shape index (κ1) is 16.8. The van der Waals surface area contributed by atoms with E-state index < -0.39 is 5.60 Å². The third-order valence-electron chi connectivity index (χ3n) is 6.36. The van der Waals surface area contributed by atoms with E-state index in [0.29, 0.717) is 6.54 Å². The van der Waals surface area contributed by atoms with Crippen molar-refractivity contribution >= 4 is 11.2 Å². The highest BCUT2D eigenvalue weighted by atomic mass is 16.3. The van der Waals surface area contributed by atoms with E-state index in [-0.39, 0.29) is 27.9 Å². The summed E-state index contributed by atoms with van der Waals surface area (Å²) in [5.74, 6) is 0.242. The summed E-state index contributed by atoms with van der Waals surface area (Å²) in [6.07, 6.45) is 1.07. The highest BCUT2D eigenvalue weighted by molar-refractivity contribution is 5.73. The van der Waals surface area contributed by atoms with Gasteiger partial charge in [0, 0.05) is 24.9 Å². The predicted molar refractivity (Wildman–Crippen MR) is 98.6 cm³/mol. The molecule has 0 aromatic carbocycles. The van der Waals surface area contributed by atoms with Gasteiger partial charge < -0.3 is 5.11 Å². The molecular weight excluding hydrogens is 314 g/mol. The number of fused-ring (bicyclic) bond motifs is 2. The van der Waals surface area contributed by atoms with Crippen molar-refractivity contribution in [2.24, 2.45) is 23.8 Å². The maximum Gasteiger partial charge on any atom is 0.330 e. The minimum atomic E-state index is -0.701. The Morgan fingerprint density at radius 1 is 1.28 bits per heavy atom. The van der Waals surface area contributed by atoms with E-state index in [1.54, 1.807) is 11.6 Å². The van der Waals surface area contributed by atoms with Gasteiger partial charge >= 0.3 is 5.69 Å². The fourth-order valence-corrected chi connectivity index (χ4v) is 5.43. The van der Waals surface area contributed by atoms with E-state index in [0.717, 1.165) is 23.3 Å². The molecule has 5 heteroatoms.